The van der Waals surface area contributed by atoms with Crippen LogP contribution in [0, 0.1) is 0 Å². The maximum atomic E-state index is 6.39. The fourth-order valence-corrected chi connectivity index (χ4v) is 5.98. The van der Waals surface area contributed by atoms with Crippen LogP contribution >= 0.6 is 0 Å². The minimum atomic E-state index is 0.816. The summed E-state index contributed by atoms with van der Waals surface area (Å²) in [6.07, 6.45) is 0. The van der Waals surface area contributed by atoms with Gasteiger partial charge < -0.3 is 4.74 Å². The Kier molecular flexibility index (Phi) is 3.50. The highest BCUT2D eigenvalue weighted by Crippen LogP contribution is 2.41. The Morgan fingerprint density at radius 2 is 1.14 bits per heavy atom. The molecule has 172 valence electrons. The molecule has 0 bridgehead atoms. The van der Waals surface area contributed by atoms with E-state index < -0.39 is 0 Å². The molecule has 4 heteroatoms. The van der Waals surface area contributed by atoms with Gasteiger partial charge in [0.25, 0.3) is 0 Å². The van der Waals surface area contributed by atoms with Crippen molar-refractivity contribution in [1.82, 2.24) is 13.8 Å². The second-order valence-electron chi connectivity index (χ2n) is 9.74. The topological polar surface area (TPSA) is 30.9 Å². The van der Waals surface area contributed by atoms with Crippen molar-refractivity contribution in [1.29, 1.82) is 0 Å². The molecular formula is C33H19N3O. The summed E-state index contributed by atoms with van der Waals surface area (Å²) >= 11 is 0. The molecule has 0 spiro atoms. The standard InChI is InChI=1S/C33H19N3O/c1-2-12-24(13-3-1)37-25-18-27-26-14-20-8-4-6-10-22(20)16-29(26)36-32(27)31(19-25)35-30-17-23-11-7-5-9-21(23)15-28(30)34-33(35)36/h1-19H. The first-order chi connectivity index (χ1) is 18.3. The van der Waals surface area contributed by atoms with Gasteiger partial charge in [-0.3, -0.25) is 8.80 Å². The van der Waals surface area contributed by atoms with E-state index in [0.717, 1.165) is 39.3 Å². The Balaban J connectivity index is 1.49. The molecule has 6 aromatic carbocycles. The number of rotatable bonds is 2. The normalized spacial score (nSPS) is 12.3. The fraction of sp³-hybridized carbons (Fsp3) is 0. The van der Waals surface area contributed by atoms with Crippen LogP contribution in [0.3, 0.4) is 0 Å². The van der Waals surface area contributed by atoms with Crippen LogP contribution in [-0.2, 0) is 0 Å². The van der Waals surface area contributed by atoms with Crippen LogP contribution in [0.15, 0.2) is 115 Å². The van der Waals surface area contributed by atoms with Crippen LogP contribution in [0.4, 0.5) is 0 Å². The molecular weight excluding hydrogens is 454 g/mol. The fourth-order valence-electron chi connectivity index (χ4n) is 5.98. The third-order valence-corrected chi connectivity index (χ3v) is 7.61. The van der Waals surface area contributed by atoms with Crippen LogP contribution in [0.5, 0.6) is 11.5 Å². The minimum Gasteiger partial charge on any atom is -0.457 e. The maximum Gasteiger partial charge on any atom is 0.220 e. The lowest BCUT2D eigenvalue weighted by atomic mass is 10.1. The SMILES string of the molecule is c1ccc(Oc2cc3c4cc5ccccc5cc4n4c3c(c2)n2c3cc5ccccc5cc3nc24)cc1. The lowest BCUT2D eigenvalue weighted by Gasteiger charge is -2.07. The molecule has 3 heterocycles. The summed E-state index contributed by atoms with van der Waals surface area (Å²) < 4.78 is 11.0. The second-order valence-corrected chi connectivity index (χ2v) is 9.74. The Bertz CT molecular complexity index is 2330. The van der Waals surface area contributed by atoms with Gasteiger partial charge in [-0.1, -0.05) is 66.7 Å². The lowest BCUT2D eigenvalue weighted by Crippen LogP contribution is -1.87. The van der Waals surface area contributed by atoms with Crippen LogP contribution in [0.1, 0.15) is 0 Å². The number of hydrogen-bond acceptors (Lipinski definition) is 2. The Labute approximate surface area is 210 Å². The molecule has 9 aromatic rings. The smallest absolute Gasteiger partial charge is 0.220 e. The van der Waals surface area contributed by atoms with E-state index >= 15 is 0 Å². The first-order valence-electron chi connectivity index (χ1n) is 12.5. The average Bonchev–Trinajstić information content (AvgIpc) is 3.56. The van der Waals surface area contributed by atoms with Crippen molar-refractivity contribution >= 4 is 65.7 Å². The molecule has 3 aromatic heterocycles. The first kappa shape index (κ1) is 19.1. The molecule has 0 fully saturated rings. The van der Waals surface area contributed by atoms with Gasteiger partial charge in [-0.05, 0) is 64.0 Å². The zero-order valence-electron chi connectivity index (χ0n) is 19.7. The van der Waals surface area contributed by atoms with Crippen molar-refractivity contribution in [2.75, 3.05) is 0 Å². The highest BCUT2D eigenvalue weighted by molar-refractivity contribution is 6.19. The Hall–Kier alpha value is -5.09. The number of benzene rings is 6. The summed E-state index contributed by atoms with van der Waals surface area (Å²) in [5.74, 6) is 2.56. The van der Waals surface area contributed by atoms with Crippen molar-refractivity contribution in [3.63, 3.8) is 0 Å². The van der Waals surface area contributed by atoms with Crippen molar-refractivity contribution in [3.8, 4) is 11.5 Å². The molecule has 0 atom stereocenters. The van der Waals surface area contributed by atoms with E-state index in [1.54, 1.807) is 0 Å². The van der Waals surface area contributed by atoms with E-state index in [-0.39, 0.29) is 0 Å². The summed E-state index contributed by atoms with van der Waals surface area (Å²) in [6.45, 7) is 0. The number of para-hydroxylation sites is 1. The first-order valence-corrected chi connectivity index (χ1v) is 12.5. The van der Waals surface area contributed by atoms with E-state index in [2.05, 4.69) is 93.7 Å². The van der Waals surface area contributed by atoms with Crippen LogP contribution in [0.2, 0.25) is 0 Å². The molecule has 0 aliphatic heterocycles. The highest BCUT2D eigenvalue weighted by atomic mass is 16.5. The van der Waals surface area contributed by atoms with E-state index in [9.17, 15) is 0 Å². The number of ether oxygens (including phenoxy) is 1. The van der Waals surface area contributed by atoms with Crippen molar-refractivity contribution in [3.05, 3.63) is 115 Å². The maximum absolute atomic E-state index is 6.39. The zero-order valence-corrected chi connectivity index (χ0v) is 19.7. The molecule has 0 aliphatic carbocycles. The van der Waals surface area contributed by atoms with Crippen LogP contribution < -0.4 is 4.74 Å². The lowest BCUT2D eigenvalue weighted by molar-refractivity contribution is 0.484. The molecule has 9 rings (SSSR count). The monoisotopic (exact) mass is 473 g/mol. The molecule has 0 N–H and O–H groups in total. The second kappa shape index (κ2) is 6.77. The third kappa shape index (κ3) is 2.54. The number of hydrogen-bond donors (Lipinski definition) is 0. The molecule has 0 amide bonds. The molecule has 0 saturated heterocycles. The van der Waals surface area contributed by atoms with Gasteiger partial charge in [-0.25, -0.2) is 4.98 Å². The van der Waals surface area contributed by atoms with Gasteiger partial charge in [-0.15, -0.1) is 0 Å². The largest absolute Gasteiger partial charge is 0.457 e. The summed E-state index contributed by atoms with van der Waals surface area (Å²) in [7, 11) is 0. The Morgan fingerprint density at radius 3 is 1.89 bits per heavy atom. The van der Waals surface area contributed by atoms with Gasteiger partial charge in [0.2, 0.25) is 5.78 Å². The van der Waals surface area contributed by atoms with Crippen LogP contribution in [-0.4, -0.2) is 13.8 Å². The van der Waals surface area contributed by atoms with E-state index in [4.69, 9.17) is 9.72 Å². The van der Waals surface area contributed by atoms with E-state index in [1.807, 2.05) is 30.3 Å². The van der Waals surface area contributed by atoms with Crippen molar-refractivity contribution in [2.45, 2.75) is 0 Å². The van der Waals surface area contributed by atoms with Gasteiger partial charge in [0.1, 0.15) is 11.5 Å². The van der Waals surface area contributed by atoms with E-state index in [0.29, 0.717) is 0 Å². The summed E-state index contributed by atoms with van der Waals surface area (Å²) in [6, 6.07) is 40.3. The molecule has 0 aliphatic rings. The van der Waals surface area contributed by atoms with Crippen LogP contribution in [0.25, 0.3) is 65.7 Å². The van der Waals surface area contributed by atoms with Gasteiger partial charge in [0, 0.05) is 16.8 Å². The predicted octanol–water partition coefficient (Wildman–Crippen LogP) is 8.58. The molecule has 37 heavy (non-hydrogen) atoms. The Morgan fingerprint density at radius 1 is 0.486 bits per heavy atom. The van der Waals surface area contributed by atoms with Crippen molar-refractivity contribution in [2.24, 2.45) is 0 Å². The average molecular weight is 474 g/mol. The number of aromatic nitrogens is 3. The highest BCUT2D eigenvalue weighted by Gasteiger charge is 2.22. The number of nitrogens with zero attached hydrogens (tertiary/aromatic N) is 3. The van der Waals surface area contributed by atoms with Gasteiger partial charge in [-0.2, -0.15) is 0 Å². The van der Waals surface area contributed by atoms with Crippen molar-refractivity contribution < 1.29 is 4.74 Å². The summed E-state index contributed by atoms with van der Waals surface area (Å²) in [4.78, 5) is 5.18. The van der Waals surface area contributed by atoms with Gasteiger partial charge in [0.05, 0.1) is 27.6 Å². The molecule has 0 unspecified atom stereocenters. The molecule has 4 nitrogen and oxygen atoms in total. The third-order valence-electron chi connectivity index (χ3n) is 7.61. The molecule has 0 saturated carbocycles. The predicted molar refractivity (Wildman–Crippen MR) is 151 cm³/mol. The summed E-state index contributed by atoms with van der Waals surface area (Å²) in [5, 5.41) is 7.22. The van der Waals surface area contributed by atoms with Gasteiger partial charge >= 0.3 is 0 Å². The summed E-state index contributed by atoms with van der Waals surface area (Å²) in [5.41, 5.74) is 5.51. The molecule has 0 radical (unpaired) electrons. The quantitative estimate of drug-likeness (QED) is 0.252. The zero-order chi connectivity index (χ0) is 24.1. The minimum absolute atomic E-state index is 0.816. The number of imidazole rings is 2. The van der Waals surface area contributed by atoms with E-state index in [1.165, 1.54) is 37.8 Å². The number of fused-ring (bicyclic) bond motifs is 10. The van der Waals surface area contributed by atoms with Gasteiger partial charge in [0.15, 0.2) is 0 Å².